The number of rotatable bonds is 2. The molecule has 0 atom stereocenters. The second-order valence-electron chi connectivity index (χ2n) is 3.56. The summed E-state index contributed by atoms with van der Waals surface area (Å²) in [6.07, 6.45) is 0.729. The molecule has 0 radical (unpaired) electrons. The zero-order valence-electron chi connectivity index (χ0n) is 8.58. The Labute approximate surface area is 88.0 Å². The van der Waals surface area contributed by atoms with E-state index in [0.717, 1.165) is 28.4 Å². The lowest BCUT2D eigenvalue weighted by Crippen LogP contribution is -2.16. The van der Waals surface area contributed by atoms with Crippen LogP contribution in [0.25, 0.3) is 10.9 Å². The van der Waals surface area contributed by atoms with Crippen molar-refractivity contribution in [1.82, 2.24) is 4.98 Å². The van der Waals surface area contributed by atoms with Crippen molar-refractivity contribution in [2.24, 2.45) is 0 Å². The fraction of sp³-hybridized carbons (Fsp3) is 0.182. The van der Waals surface area contributed by atoms with Crippen molar-refractivity contribution in [1.29, 1.82) is 0 Å². The molecule has 0 fully saturated rings. The SMILES string of the molecule is CCc1cc2ccc(BO)cc2[nH]c1=O. The van der Waals surface area contributed by atoms with Gasteiger partial charge in [-0.05, 0) is 23.9 Å². The number of hydrogen-bond acceptors (Lipinski definition) is 2. The second-order valence-corrected chi connectivity index (χ2v) is 3.56. The van der Waals surface area contributed by atoms with E-state index in [0.29, 0.717) is 0 Å². The third kappa shape index (κ3) is 1.81. The summed E-state index contributed by atoms with van der Waals surface area (Å²) < 4.78 is 0. The van der Waals surface area contributed by atoms with Crippen LogP contribution in [0.15, 0.2) is 29.1 Å². The first-order valence-corrected chi connectivity index (χ1v) is 5.00. The first-order chi connectivity index (χ1) is 7.24. The van der Waals surface area contributed by atoms with E-state index in [1.54, 1.807) is 6.07 Å². The molecule has 76 valence electrons. The highest BCUT2D eigenvalue weighted by Gasteiger charge is 2.01. The van der Waals surface area contributed by atoms with Gasteiger partial charge in [-0.25, -0.2) is 0 Å². The molecule has 0 saturated heterocycles. The number of H-pyrrole nitrogens is 1. The molecule has 0 unspecified atom stereocenters. The van der Waals surface area contributed by atoms with Crippen molar-refractivity contribution in [2.45, 2.75) is 13.3 Å². The normalized spacial score (nSPS) is 10.5. The summed E-state index contributed by atoms with van der Waals surface area (Å²) in [5, 5.41) is 9.98. The number of fused-ring (bicyclic) bond motifs is 1. The van der Waals surface area contributed by atoms with Gasteiger partial charge in [0.05, 0.1) is 0 Å². The van der Waals surface area contributed by atoms with E-state index in [9.17, 15) is 4.79 Å². The molecule has 15 heavy (non-hydrogen) atoms. The van der Waals surface area contributed by atoms with Gasteiger partial charge in [0.25, 0.3) is 5.56 Å². The van der Waals surface area contributed by atoms with Gasteiger partial charge < -0.3 is 10.0 Å². The number of aryl methyl sites for hydroxylation is 1. The van der Waals surface area contributed by atoms with Gasteiger partial charge in [0.1, 0.15) is 0 Å². The molecular formula is C11H12BNO2. The van der Waals surface area contributed by atoms with Crippen molar-refractivity contribution in [3.63, 3.8) is 0 Å². The second kappa shape index (κ2) is 3.91. The number of pyridine rings is 1. The van der Waals surface area contributed by atoms with E-state index in [4.69, 9.17) is 5.02 Å². The molecule has 0 aliphatic heterocycles. The average Bonchev–Trinajstić information content (AvgIpc) is 2.27. The fourth-order valence-electron chi connectivity index (χ4n) is 1.65. The van der Waals surface area contributed by atoms with Crippen LogP contribution in [0.5, 0.6) is 0 Å². The van der Waals surface area contributed by atoms with Gasteiger partial charge in [-0.15, -0.1) is 0 Å². The molecule has 1 aromatic carbocycles. The lowest BCUT2D eigenvalue weighted by Gasteiger charge is -2.02. The van der Waals surface area contributed by atoms with Crippen molar-refractivity contribution < 1.29 is 5.02 Å². The third-order valence-electron chi connectivity index (χ3n) is 2.55. The highest BCUT2D eigenvalue weighted by atomic mass is 16.2. The Bertz CT molecular complexity index is 548. The monoisotopic (exact) mass is 201 g/mol. The number of aromatic nitrogens is 1. The van der Waals surface area contributed by atoms with Crippen LogP contribution in [0.2, 0.25) is 0 Å². The lowest BCUT2D eigenvalue weighted by molar-refractivity contribution is 0.615. The van der Waals surface area contributed by atoms with Gasteiger partial charge in [-0.3, -0.25) is 4.79 Å². The van der Waals surface area contributed by atoms with Crippen molar-refractivity contribution in [3.8, 4) is 0 Å². The van der Waals surface area contributed by atoms with Gasteiger partial charge in [-0.1, -0.05) is 24.5 Å². The maximum Gasteiger partial charge on any atom is 0.304 e. The number of nitrogens with one attached hydrogen (secondary N) is 1. The van der Waals surface area contributed by atoms with E-state index in [2.05, 4.69) is 4.98 Å². The van der Waals surface area contributed by atoms with Gasteiger partial charge >= 0.3 is 7.48 Å². The summed E-state index contributed by atoms with van der Waals surface area (Å²) >= 11 is 0. The van der Waals surface area contributed by atoms with Crippen LogP contribution in [0.4, 0.5) is 0 Å². The smallest absolute Gasteiger partial charge is 0.304 e. The molecule has 4 heteroatoms. The highest BCUT2D eigenvalue weighted by molar-refractivity contribution is 6.45. The van der Waals surface area contributed by atoms with Crippen LogP contribution in [0.3, 0.4) is 0 Å². The van der Waals surface area contributed by atoms with Crippen LogP contribution >= 0.6 is 0 Å². The largest absolute Gasteiger partial charge is 0.449 e. The number of benzene rings is 1. The van der Waals surface area contributed by atoms with Crippen molar-refractivity contribution >= 4 is 23.8 Å². The molecule has 1 aromatic heterocycles. The van der Waals surface area contributed by atoms with E-state index < -0.39 is 0 Å². The third-order valence-corrected chi connectivity index (χ3v) is 2.55. The predicted molar refractivity (Wildman–Crippen MR) is 62.9 cm³/mol. The van der Waals surface area contributed by atoms with Gasteiger partial charge in [0.2, 0.25) is 0 Å². The van der Waals surface area contributed by atoms with Crippen LogP contribution < -0.4 is 11.0 Å². The van der Waals surface area contributed by atoms with E-state index in [-0.39, 0.29) is 13.0 Å². The predicted octanol–water partition coefficient (Wildman–Crippen LogP) is 0.0596. The molecule has 0 aliphatic carbocycles. The minimum Gasteiger partial charge on any atom is -0.449 e. The van der Waals surface area contributed by atoms with Crippen LogP contribution in [0.1, 0.15) is 12.5 Å². The van der Waals surface area contributed by atoms with Crippen LogP contribution in [-0.2, 0) is 6.42 Å². The molecule has 2 aromatic rings. The number of aromatic amines is 1. The fourth-order valence-corrected chi connectivity index (χ4v) is 1.65. The maximum atomic E-state index is 11.5. The molecule has 0 aliphatic rings. The van der Waals surface area contributed by atoms with Crippen LogP contribution in [-0.4, -0.2) is 17.5 Å². The van der Waals surface area contributed by atoms with Crippen LogP contribution in [0, 0.1) is 0 Å². The average molecular weight is 201 g/mol. The van der Waals surface area contributed by atoms with E-state index in [1.807, 2.05) is 25.1 Å². The van der Waals surface area contributed by atoms with Crippen molar-refractivity contribution in [3.05, 3.63) is 40.2 Å². The maximum absolute atomic E-state index is 11.5. The van der Waals surface area contributed by atoms with Crippen molar-refractivity contribution in [2.75, 3.05) is 0 Å². The molecule has 2 rings (SSSR count). The molecular weight excluding hydrogens is 189 g/mol. The molecule has 0 spiro atoms. The Morgan fingerprint density at radius 3 is 2.87 bits per heavy atom. The standard InChI is InChI=1S/C11H12BNO2/c1-2-7-5-8-3-4-9(12-15)6-10(8)13-11(7)14/h3-6,12,15H,2H2,1H3,(H,13,14). The molecule has 3 nitrogen and oxygen atoms in total. The molecule has 2 N–H and O–H groups in total. The lowest BCUT2D eigenvalue weighted by atomic mass is 9.88. The summed E-state index contributed by atoms with van der Waals surface area (Å²) in [7, 11) is -0.00645. The minimum absolute atomic E-state index is 0.00645. The Balaban J connectivity index is 2.70. The molecule has 0 amide bonds. The Hall–Kier alpha value is -1.55. The molecule has 0 bridgehead atoms. The minimum atomic E-state index is -0.0416. The Kier molecular flexibility index (Phi) is 2.60. The first-order valence-electron chi connectivity index (χ1n) is 5.00. The summed E-state index contributed by atoms with van der Waals surface area (Å²) in [6.45, 7) is 1.96. The first kappa shape index (κ1) is 9.99. The Morgan fingerprint density at radius 2 is 2.20 bits per heavy atom. The summed E-state index contributed by atoms with van der Waals surface area (Å²) in [5.41, 5.74) is 2.34. The quantitative estimate of drug-likeness (QED) is 0.675. The Morgan fingerprint density at radius 1 is 1.40 bits per heavy atom. The van der Waals surface area contributed by atoms with Gasteiger partial charge in [0, 0.05) is 11.1 Å². The van der Waals surface area contributed by atoms with Gasteiger partial charge in [0.15, 0.2) is 0 Å². The summed E-state index contributed by atoms with van der Waals surface area (Å²) in [5.74, 6) is 0. The molecule has 0 saturated carbocycles. The van der Waals surface area contributed by atoms with E-state index >= 15 is 0 Å². The summed E-state index contributed by atoms with van der Waals surface area (Å²) in [4.78, 5) is 14.4. The van der Waals surface area contributed by atoms with Gasteiger partial charge in [-0.2, -0.15) is 0 Å². The zero-order valence-corrected chi connectivity index (χ0v) is 8.58. The number of hydrogen-bond donors (Lipinski definition) is 2. The zero-order chi connectivity index (χ0) is 10.8. The van der Waals surface area contributed by atoms with E-state index in [1.165, 1.54) is 0 Å². The molecule has 1 heterocycles. The highest BCUT2D eigenvalue weighted by Crippen LogP contribution is 2.09. The summed E-state index contributed by atoms with van der Waals surface area (Å²) in [6, 6.07) is 7.47. The topological polar surface area (TPSA) is 53.1 Å².